The summed E-state index contributed by atoms with van der Waals surface area (Å²) in [6, 6.07) is 13.7. The van der Waals surface area contributed by atoms with Crippen molar-refractivity contribution in [3.63, 3.8) is 0 Å². The molecule has 0 fully saturated rings. The van der Waals surface area contributed by atoms with Crippen LogP contribution in [0, 0.1) is 5.92 Å². The van der Waals surface area contributed by atoms with Crippen LogP contribution in [-0.2, 0) is 4.79 Å². The maximum absolute atomic E-state index is 12.0. The van der Waals surface area contributed by atoms with Gasteiger partial charge in [-0.2, -0.15) is 5.10 Å². The first-order valence-electron chi connectivity index (χ1n) is 7.45. The van der Waals surface area contributed by atoms with Crippen molar-refractivity contribution in [1.82, 2.24) is 5.43 Å². The SMILES string of the molecule is CC(C)C(=O)Nc1ccc(C(=O)N/N=C/c2cccc(Cl)c2)cc1. The molecule has 2 aromatic carbocycles. The van der Waals surface area contributed by atoms with E-state index in [1.54, 1.807) is 42.5 Å². The van der Waals surface area contributed by atoms with Gasteiger partial charge in [-0.1, -0.05) is 37.6 Å². The number of benzene rings is 2. The van der Waals surface area contributed by atoms with Crippen LogP contribution in [0.15, 0.2) is 53.6 Å². The Balaban J connectivity index is 1.94. The topological polar surface area (TPSA) is 70.6 Å². The summed E-state index contributed by atoms with van der Waals surface area (Å²) in [6.07, 6.45) is 1.51. The van der Waals surface area contributed by atoms with E-state index >= 15 is 0 Å². The maximum atomic E-state index is 12.0. The van der Waals surface area contributed by atoms with E-state index in [1.165, 1.54) is 6.21 Å². The molecule has 0 spiro atoms. The summed E-state index contributed by atoms with van der Waals surface area (Å²) in [5, 5.41) is 7.27. The van der Waals surface area contributed by atoms with Crippen LogP contribution in [0.2, 0.25) is 5.02 Å². The third-order valence-corrected chi connectivity index (χ3v) is 3.40. The average molecular weight is 344 g/mol. The van der Waals surface area contributed by atoms with Gasteiger partial charge in [0.15, 0.2) is 0 Å². The Bertz CT molecular complexity index is 755. The summed E-state index contributed by atoms with van der Waals surface area (Å²) in [7, 11) is 0. The van der Waals surface area contributed by atoms with E-state index in [4.69, 9.17) is 11.6 Å². The number of hydrogen-bond acceptors (Lipinski definition) is 3. The minimum atomic E-state index is -0.338. The highest BCUT2D eigenvalue weighted by Gasteiger charge is 2.08. The lowest BCUT2D eigenvalue weighted by molar-refractivity contribution is -0.118. The van der Waals surface area contributed by atoms with Gasteiger partial charge in [0, 0.05) is 22.2 Å². The number of carbonyl (C=O) groups excluding carboxylic acids is 2. The largest absolute Gasteiger partial charge is 0.326 e. The Labute approximate surface area is 145 Å². The molecule has 124 valence electrons. The molecule has 0 aromatic heterocycles. The minimum absolute atomic E-state index is 0.0710. The van der Waals surface area contributed by atoms with Gasteiger partial charge in [-0.05, 0) is 42.0 Å². The van der Waals surface area contributed by atoms with Gasteiger partial charge in [-0.15, -0.1) is 0 Å². The van der Waals surface area contributed by atoms with Crippen LogP contribution in [0.5, 0.6) is 0 Å². The van der Waals surface area contributed by atoms with Gasteiger partial charge < -0.3 is 5.32 Å². The number of carbonyl (C=O) groups is 2. The number of rotatable bonds is 5. The third kappa shape index (κ3) is 5.21. The van der Waals surface area contributed by atoms with E-state index in [1.807, 2.05) is 19.9 Å². The van der Waals surface area contributed by atoms with E-state index in [0.717, 1.165) is 5.56 Å². The standard InChI is InChI=1S/C18H18ClN3O2/c1-12(2)17(23)21-16-8-6-14(7-9-16)18(24)22-20-11-13-4-3-5-15(19)10-13/h3-12H,1-2H3,(H,21,23)(H,22,24)/b20-11+. The quantitative estimate of drug-likeness (QED) is 0.642. The zero-order chi connectivity index (χ0) is 17.5. The molecule has 0 aliphatic carbocycles. The molecule has 2 N–H and O–H groups in total. The second kappa shape index (κ2) is 8.26. The Morgan fingerprint density at radius 1 is 1.12 bits per heavy atom. The predicted octanol–water partition coefficient (Wildman–Crippen LogP) is 3.70. The fourth-order valence-corrected chi connectivity index (χ4v) is 2.01. The molecule has 2 amide bonds. The van der Waals surface area contributed by atoms with Crippen LogP contribution in [0.1, 0.15) is 29.8 Å². The van der Waals surface area contributed by atoms with E-state index in [-0.39, 0.29) is 17.7 Å². The molecule has 2 rings (SSSR count). The fraction of sp³-hybridized carbons (Fsp3) is 0.167. The van der Waals surface area contributed by atoms with Crippen LogP contribution in [0.25, 0.3) is 0 Å². The van der Waals surface area contributed by atoms with Crippen molar-refractivity contribution < 1.29 is 9.59 Å². The number of nitrogens with one attached hydrogen (secondary N) is 2. The highest BCUT2D eigenvalue weighted by Crippen LogP contribution is 2.11. The molecular weight excluding hydrogens is 326 g/mol. The number of amides is 2. The molecule has 0 unspecified atom stereocenters. The lowest BCUT2D eigenvalue weighted by Gasteiger charge is -2.08. The normalized spacial score (nSPS) is 10.8. The summed E-state index contributed by atoms with van der Waals surface area (Å²) >= 11 is 5.87. The summed E-state index contributed by atoms with van der Waals surface area (Å²) in [4.78, 5) is 23.6. The van der Waals surface area contributed by atoms with Crippen molar-refractivity contribution in [2.75, 3.05) is 5.32 Å². The Kier molecular flexibility index (Phi) is 6.09. The molecule has 24 heavy (non-hydrogen) atoms. The van der Waals surface area contributed by atoms with Gasteiger partial charge in [0.25, 0.3) is 5.91 Å². The van der Waals surface area contributed by atoms with Crippen molar-refractivity contribution in [3.05, 3.63) is 64.7 Å². The van der Waals surface area contributed by atoms with Gasteiger partial charge in [0.2, 0.25) is 5.91 Å². The Morgan fingerprint density at radius 3 is 2.46 bits per heavy atom. The smallest absolute Gasteiger partial charge is 0.271 e. The lowest BCUT2D eigenvalue weighted by atomic mass is 10.1. The summed E-state index contributed by atoms with van der Waals surface area (Å²) in [5.41, 5.74) is 4.32. The fourth-order valence-electron chi connectivity index (χ4n) is 1.81. The van der Waals surface area contributed by atoms with Crippen LogP contribution in [-0.4, -0.2) is 18.0 Å². The molecule has 0 bridgehead atoms. The molecular formula is C18H18ClN3O2. The molecule has 0 saturated heterocycles. The zero-order valence-electron chi connectivity index (χ0n) is 13.4. The van der Waals surface area contributed by atoms with Gasteiger partial charge >= 0.3 is 0 Å². The molecule has 6 heteroatoms. The highest BCUT2D eigenvalue weighted by atomic mass is 35.5. The molecule has 0 heterocycles. The number of anilines is 1. The first-order valence-corrected chi connectivity index (χ1v) is 7.83. The van der Waals surface area contributed by atoms with Gasteiger partial charge in [0.1, 0.15) is 0 Å². The highest BCUT2D eigenvalue weighted by molar-refractivity contribution is 6.30. The van der Waals surface area contributed by atoms with Gasteiger partial charge in [0.05, 0.1) is 6.21 Å². The van der Waals surface area contributed by atoms with Crippen molar-refractivity contribution in [3.8, 4) is 0 Å². The molecule has 0 radical (unpaired) electrons. The maximum Gasteiger partial charge on any atom is 0.271 e. The lowest BCUT2D eigenvalue weighted by Crippen LogP contribution is -2.19. The predicted molar refractivity (Wildman–Crippen MR) is 96.4 cm³/mol. The average Bonchev–Trinajstić information content (AvgIpc) is 2.55. The number of hydrazone groups is 1. The second-order valence-corrected chi connectivity index (χ2v) is 5.91. The van der Waals surface area contributed by atoms with Gasteiger partial charge in [-0.25, -0.2) is 5.43 Å². The summed E-state index contributed by atoms with van der Waals surface area (Å²) in [5.74, 6) is -0.512. The number of hydrogen-bond donors (Lipinski definition) is 2. The van der Waals surface area contributed by atoms with Crippen molar-refractivity contribution in [1.29, 1.82) is 0 Å². The molecule has 5 nitrogen and oxygen atoms in total. The van der Waals surface area contributed by atoms with Gasteiger partial charge in [-0.3, -0.25) is 9.59 Å². The van der Waals surface area contributed by atoms with Crippen LogP contribution >= 0.6 is 11.6 Å². The van der Waals surface area contributed by atoms with Crippen molar-refractivity contribution in [2.45, 2.75) is 13.8 Å². The van der Waals surface area contributed by atoms with E-state index in [0.29, 0.717) is 16.3 Å². The molecule has 0 aliphatic heterocycles. The molecule has 0 aliphatic rings. The minimum Gasteiger partial charge on any atom is -0.326 e. The van der Waals surface area contributed by atoms with Crippen molar-refractivity contribution in [2.24, 2.45) is 11.0 Å². The van der Waals surface area contributed by atoms with E-state index < -0.39 is 0 Å². The van der Waals surface area contributed by atoms with E-state index in [9.17, 15) is 9.59 Å². The third-order valence-electron chi connectivity index (χ3n) is 3.17. The summed E-state index contributed by atoms with van der Waals surface area (Å²) < 4.78 is 0. The number of nitrogens with zero attached hydrogens (tertiary/aromatic N) is 1. The van der Waals surface area contributed by atoms with E-state index in [2.05, 4.69) is 15.8 Å². The molecule has 2 aromatic rings. The first-order chi connectivity index (χ1) is 11.5. The van der Waals surface area contributed by atoms with Crippen LogP contribution < -0.4 is 10.7 Å². The molecule has 0 saturated carbocycles. The first kappa shape index (κ1) is 17.7. The summed E-state index contributed by atoms with van der Waals surface area (Å²) in [6.45, 7) is 3.63. The van der Waals surface area contributed by atoms with Crippen LogP contribution in [0.3, 0.4) is 0 Å². The Hall–Kier alpha value is -2.66. The second-order valence-electron chi connectivity index (χ2n) is 5.48. The molecule has 0 atom stereocenters. The zero-order valence-corrected chi connectivity index (χ0v) is 14.2. The monoisotopic (exact) mass is 343 g/mol. The van der Waals surface area contributed by atoms with Crippen LogP contribution in [0.4, 0.5) is 5.69 Å². The Morgan fingerprint density at radius 2 is 1.83 bits per heavy atom. The van der Waals surface area contributed by atoms with Crippen molar-refractivity contribution >= 4 is 35.3 Å². The number of halogens is 1.